The fraction of sp³-hybridized carbons (Fsp3) is 0.614. The van der Waals surface area contributed by atoms with Crippen LogP contribution < -0.4 is 79.8 Å². The fourth-order valence-electron chi connectivity index (χ4n) is 10.6. The smallest absolute Gasteiger partial charge is 0.328 e. The van der Waals surface area contributed by atoms with Crippen LogP contribution in [0.25, 0.3) is 0 Å². The Labute approximate surface area is 659 Å². The molecule has 0 aliphatic carbocycles. The molecule has 0 fully saturated rings. The molecule has 0 bridgehead atoms. The summed E-state index contributed by atoms with van der Waals surface area (Å²) in [5.41, 5.74) is 0.429. The Kier molecular flexibility index (Phi) is 43.4. The van der Waals surface area contributed by atoms with Crippen molar-refractivity contribution in [1.29, 1.82) is 0 Å². The maximum atomic E-state index is 14.1. The van der Waals surface area contributed by atoms with E-state index < -0.39 is 284 Å². The molecule has 0 saturated carbocycles. The van der Waals surface area contributed by atoms with Gasteiger partial charge >= 0.3 is 35.8 Å². The monoisotopic (exact) mass is 1640 g/mol. The van der Waals surface area contributed by atoms with E-state index in [1.807, 2.05) is 16.0 Å². The van der Waals surface area contributed by atoms with Crippen LogP contribution in [0.5, 0.6) is 0 Å². The fourth-order valence-corrected chi connectivity index (χ4v) is 10.6. The van der Waals surface area contributed by atoms with Gasteiger partial charge in [-0.3, -0.25) is 95.9 Å². The lowest BCUT2D eigenvalue weighted by atomic mass is 10.0. The van der Waals surface area contributed by atoms with E-state index in [-0.39, 0.29) is 31.6 Å². The highest BCUT2D eigenvalue weighted by atomic mass is 16.4. The second kappa shape index (κ2) is 49.5. The van der Waals surface area contributed by atoms with Crippen molar-refractivity contribution in [3.8, 4) is 0 Å². The van der Waals surface area contributed by atoms with Crippen LogP contribution in [0, 0.1) is 17.8 Å². The number of aliphatic hydroxyl groups is 3. The predicted octanol–water partition coefficient (Wildman–Crippen LogP) is -7.68. The number of benzene rings is 1. The van der Waals surface area contributed by atoms with Crippen LogP contribution in [0.4, 0.5) is 0 Å². The highest BCUT2D eigenvalue weighted by Gasteiger charge is 2.40. The normalized spacial score (nSPS) is 15.5. The zero-order valence-electron chi connectivity index (χ0n) is 65.3. The van der Waals surface area contributed by atoms with Crippen LogP contribution in [-0.4, -0.2) is 280 Å². The standard InChI is InChI=1S/C70H107N15O30/c1-29(2)20-40(78-65(109)46(26-52(96)97)80-64(108)45(25-51(94)95)76-57(101)34(9)73-68(112)54(35(10)87)84-66(110)43(23-38-16-14-13-15-17-38)79-63(107)44(24-50(92)93)74-37(12)89)60(104)71-32(7)56(100)75-39(18-19-49(90)91)59(103)77-42(22-31(5)6)62(106)81-47(27-53(98)99)67(111)85-55(36(11)88)69(113)82-41(21-30(3)4)61(105)72-33(8)58(102)83-48(28-86)70(114)115/h13-17,29-36,39-48,54-55,86-88H,18-28H2,1-12H3,(H,71,104)(H,72,105)(H,73,112)(H,74,89)(H,75,100)(H,76,101)(H,77,103)(H,78,109)(H,79,107)(H,80,108)(H,81,106)(H,82,113)(H,83,102)(H,84,110)(H,85,111)(H,90,91)(H,92,93)(H,94,95)(H,96,97)(H,98,99)(H,114,115)/t32-,33-,34-,35+,36+,39-,40-,41-,42-,43-,44-,45-,46-,47-,48-,54-,55-/m0/s1. The molecule has 0 unspecified atom stereocenters. The van der Waals surface area contributed by atoms with E-state index in [4.69, 9.17) is 0 Å². The molecule has 17 atom stereocenters. The van der Waals surface area contributed by atoms with Crippen molar-refractivity contribution in [2.75, 3.05) is 6.61 Å². The quantitative estimate of drug-likeness (QED) is 0.0288. The van der Waals surface area contributed by atoms with Crippen LogP contribution in [0.2, 0.25) is 0 Å². The number of rotatable bonds is 52. The highest BCUT2D eigenvalue weighted by molar-refractivity contribution is 6.02. The molecular formula is C70H107N15O30. The Hall–Kier alpha value is -12.0. The molecule has 0 spiro atoms. The van der Waals surface area contributed by atoms with Crippen molar-refractivity contribution in [2.24, 2.45) is 17.8 Å². The van der Waals surface area contributed by atoms with Gasteiger partial charge in [0.05, 0.1) is 44.5 Å². The van der Waals surface area contributed by atoms with E-state index in [2.05, 4.69) is 63.8 Å². The van der Waals surface area contributed by atoms with Gasteiger partial charge in [0.25, 0.3) is 0 Å². The second-order valence-electron chi connectivity index (χ2n) is 28.4. The molecule has 1 aromatic carbocycles. The maximum Gasteiger partial charge on any atom is 0.328 e. The number of hydrogen-bond donors (Lipinski definition) is 24. The lowest BCUT2D eigenvalue weighted by Crippen LogP contribution is -2.62. The van der Waals surface area contributed by atoms with E-state index >= 15 is 0 Å². The summed E-state index contributed by atoms with van der Waals surface area (Å²) in [4.78, 5) is 275. The van der Waals surface area contributed by atoms with Crippen LogP contribution >= 0.6 is 0 Å². The molecule has 0 aliphatic heterocycles. The van der Waals surface area contributed by atoms with E-state index in [0.29, 0.717) is 5.56 Å². The van der Waals surface area contributed by atoms with Gasteiger partial charge in [0, 0.05) is 19.8 Å². The zero-order valence-corrected chi connectivity index (χ0v) is 65.3. The first-order valence-corrected chi connectivity index (χ1v) is 36.2. The molecule has 115 heavy (non-hydrogen) atoms. The van der Waals surface area contributed by atoms with Crippen molar-refractivity contribution in [1.82, 2.24) is 79.8 Å². The number of carboxylic acid groups (broad SMARTS) is 6. The molecule has 15 amide bonds. The minimum absolute atomic E-state index is 0.136. The van der Waals surface area contributed by atoms with Gasteiger partial charge in [-0.25, -0.2) is 4.79 Å². The van der Waals surface area contributed by atoms with Gasteiger partial charge in [-0.1, -0.05) is 71.9 Å². The number of hydrogen-bond acceptors (Lipinski definition) is 24. The van der Waals surface area contributed by atoms with Gasteiger partial charge in [-0.2, -0.15) is 0 Å². The Bertz CT molecular complexity index is 3640. The van der Waals surface area contributed by atoms with Crippen molar-refractivity contribution in [2.45, 2.75) is 250 Å². The maximum absolute atomic E-state index is 14.1. The molecule has 0 radical (unpaired) electrons. The number of carbonyl (C=O) groups excluding carboxylic acids is 15. The summed E-state index contributed by atoms with van der Waals surface area (Å²) in [5, 5.41) is 121. The Morgan fingerprint density at radius 3 is 0.878 bits per heavy atom. The molecule has 0 saturated heterocycles. The number of carbonyl (C=O) groups is 21. The Morgan fingerprint density at radius 2 is 0.557 bits per heavy atom. The Morgan fingerprint density at radius 1 is 0.296 bits per heavy atom. The van der Waals surface area contributed by atoms with E-state index in [1.165, 1.54) is 0 Å². The third-order valence-corrected chi connectivity index (χ3v) is 16.5. The highest BCUT2D eigenvalue weighted by Crippen LogP contribution is 2.14. The number of nitrogens with one attached hydrogen (secondary N) is 15. The van der Waals surface area contributed by atoms with Gasteiger partial charge in [-0.05, 0) is 83.6 Å². The van der Waals surface area contributed by atoms with Crippen LogP contribution in [0.3, 0.4) is 0 Å². The number of carboxylic acids is 6. The second-order valence-corrected chi connectivity index (χ2v) is 28.4. The molecular weight excluding hydrogens is 1530 g/mol. The summed E-state index contributed by atoms with van der Waals surface area (Å²) in [6.45, 7) is 14.8. The lowest BCUT2D eigenvalue weighted by Gasteiger charge is -2.29. The summed E-state index contributed by atoms with van der Waals surface area (Å²) in [7, 11) is 0. The topological polar surface area (TPSA) is 721 Å². The third kappa shape index (κ3) is 38.4. The third-order valence-electron chi connectivity index (χ3n) is 16.5. The number of aliphatic carboxylic acids is 6. The zero-order chi connectivity index (χ0) is 88.2. The van der Waals surface area contributed by atoms with Crippen molar-refractivity contribution in [3.63, 3.8) is 0 Å². The van der Waals surface area contributed by atoms with Gasteiger partial charge in [0.2, 0.25) is 88.6 Å². The molecule has 24 N–H and O–H groups in total. The lowest BCUT2D eigenvalue weighted by molar-refractivity contribution is -0.143. The van der Waals surface area contributed by atoms with E-state index in [9.17, 15) is 147 Å². The predicted molar refractivity (Wildman–Crippen MR) is 394 cm³/mol. The summed E-state index contributed by atoms with van der Waals surface area (Å²) in [6, 6.07) is -19.4. The van der Waals surface area contributed by atoms with Crippen molar-refractivity contribution in [3.05, 3.63) is 35.9 Å². The first-order chi connectivity index (χ1) is 53.4. The van der Waals surface area contributed by atoms with Crippen LogP contribution in [-0.2, 0) is 107 Å². The van der Waals surface area contributed by atoms with E-state index in [1.54, 1.807) is 71.9 Å². The Balaban J connectivity index is 3.49. The molecule has 0 aliphatic rings. The first-order valence-electron chi connectivity index (χ1n) is 36.2. The summed E-state index contributed by atoms with van der Waals surface area (Å²) in [5.74, 6) is -29.5. The minimum Gasteiger partial charge on any atom is -0.481 e. The molecule has 0 aromatic heterocycles. The summed E-state index contributed by atoms with van der Waals surface area (Å²) < 4.78 is 0. The largest absolute Gasteiger partial charge is 0.481 e. The van der Waals surface area contributed by atoms with Crippen molar-refractivity contribution < 1.29 is 147 Å². The summed E-state index contributed by atoms with van der Waals surface area (Å²) in [6.07, 6.45) is -10.8. The average molecular weight is 1640 g/mol. The summed E-state index contributed by atoms with van der Waals surface area (Å²) >= 11 is 0. The number of aliphatic hydroxyl groups excluding tert-OH is 3. The molecule has 1 aromatic rings. The number of amides is 15. The molecule has 0 heterocycles. The SMILES string of the molecule is CC(=O)N[C@@H](CC(=O)O)C(=O)N[C@@H](Cc1ccccc1)C(=O)N[C@H](C(=O)N[C@@H](C)C(=O)N[C@@H](CC(=O)O)C(=O)N[C@@H](CC(=O)O)C(=O)N[C@@H](CC(C)C)C(=O)N[C@@H](C)C(=O)N[C@@H](CCC(=O)O)C(=O)N[C@@H](CC(C)C)C(=O)N[C@@H](CC(=O)O)C(=O)N[C@H](C(=O)N[C@@H](CC(C)C)C(=O)N[C@@H](C)C(=O)N[C@@H](CO)C(=O)O)[C@@H](C)O)[C@@H](C)O. The van der Waals surface area contributed by atoms with Gasteiger partial charge < -0.3 is 126 Å². The van der Waals surface area contributed by atoms with Crippen LogP contribution in [0.1, 0.15) is 146 Å². The molecule has 642 valence electrons. The van der Waals surface area contributed by atoms with Gasteiger partial charge in [0.1, 0.15) is 90.6 Å². The van der Waals surface area contributed by atoms with Gasteiger partial charge in [-0.15, -0.1) is 0 Å². The molecule has 1 rings (SSSR count). The van der Waals surface area contributed by atoms with Gasteiger partial charge in [0.15, 0.2) is 0 Å². The molecule has 45 heteroatoms. The van der Waals surface area contributed by atoms with Crippen molar-refractivity contribution >= 4 is 124 Å². The molecule has 45 nitrogen and oxygen atoms in total. The first kappa shape index (κ1) is 101. The van der Waals surface area contributed by atoms with Crippen LogP contribution in [0.15, 0.2) is 30.3 Å². The average Bonchev–Trinajstić information content (AvgIpc) is 0.854. The van der Waals surface area contributed by atoms with E-state index in [0.717, 1.165) is 41.5 Å². The minimum atomic E-state index is -2.19.